The van der Waals surface area contributed by atoms with Gasteiger partial charge in [-0.25, -0.2) is 0 Å². The highest BCUT2D eigenvalue weighted by Gasteiger charge is 2.27. The van der Waals surface area contributed by atoms with E-state index < -0.39 is 0 Å². The van der Waals surface area contributed by atoms with Gasteiger partial charge >= 0.3 is 0 Å². The molecule has 3 rings (SSSR count). The number of nitrogens with one attached hydrogen (secondary N) is 1. The topological polar surface area (TPSA) is 75.2 Å². The number of benzene rings is 2. The second-order valence-corrected chi connectivity index (χ2v) is 9.30. The molecule has 33 heavy (non-hydrogen) atoms. The lowest BCUT2D eigenvalue weighted by Crippen LogP contribution is -2.42. The molecule has 0 saturated heterocycles. The summed E-state index contributed by atoms with van der Waals surface area (Å²) in [7, 11) is 0. The maximum atomic E-state index is 13.4. The summed E-state index contributed by atoms with van der Waals surface area (Å²) in [5.74, 6) is -0.352. The molecule has 2 aromatic carbocycles. The van der Waals surface area contributed by atoms with Crippen LogP contribution in [0.3, 0.4) is 0 Å². The molecule has 2 amide bonds. The first-order valence-electron chi connectivity index (χ1n) is 11.2. The summed E-state index contributed by atoms with van der Waals surface area (Å²) in [6.45, 7) is 6.44. The van der Waals surface area contributed by atoms with E-state index in [0.717, 1.165) is 17.5 Å². The highest BCUT2D eigenvalue weighted by molar-refractivity contribution is 7.18. The average Bonchev–Trinajstić information content (AvgIpc) is 3.28. The highest BCUT2D eigenvalue weighted by Crippen LogP contribution is 2.28. The van der Waals surface area contributed by atoms with Gasteiger partial charge in [0.25, 0.3) is 0 Å². The second kappa shape index (κ2) is 11.9. The van der Waals surface area contributed by atoms with E-state index in [1.54, 1.807) is 12.1 Å². The minimum Gasteiger partial charge on any atom is -0.339 e. The zero-order chi connectivity index (χ0) is 23.8. The van der Waals surface area contributed by atoms with Crippen LogP contribution < -0.4 is 5.32 Å². The third kappa shape index (κ3) is 6.62. The Morgan fingerprint density at radius 1 is 1.06 bits per heavy atom. The van der Waals surface area contributed by atoms with Crippen molar-refractivity contribution in [3.63, 3.8) is 0 Å². The molecule has 2 unspecified atom stereocenters. The number of hydrogen-bond donors (Lipinski definition) is 1. The lowest BCUT2D eigenvalue weighted by molar-refractivity contribution is -0.135. The molecule has 6 nitrogen and oxygen atoms in total. The van der Waals surface area contributed by atoms with E-state index >= 15 is 0 Å². The highest BCUT2D eigenvalue weighted by atomic mass is 35.5. The summed E-state index contributed by atoms with van der Waals surface area (Å²) >= 11 is 7.33. The van der Waals surface area contributed by atoms with Crippen molar-refractivity contribution in [2.75, 3.05) is 11.9 Å². The quantitative estimate of drug-likeness (QED) is 0.382. The molecule has 0 fully saturated rings. The van der Waals surface area contributed by atoms with Crippen molar-refractivity contribution < 1.29 is 9.59 Å². The smallest absolute Gasteiger partial charge is 0.230 e. The lowest BCUT2D eigenvalue weighted by Gasteiger charge is -2.32. The maximum Gasteiger partial charge on any atom is 0.230 e. The molecular weight excluding hydrogens is 456 g/mol. The molecule has 0 spiro atoms. The van der Waals surface area contributed by atoms with Gasteiger partial charge in [0.15, 0.2) is 0 Å². The van der Waals surface area contributed by atoms with Crippen LogP contribution in [0.5, 0.6) is 0 Å². The number of amides is 2. The molecule has 1 heterocycles. The lowest BCUT2D eigenvalue weighted by atomic mass is 9.94. The Morgan fingerprint density at radius 3 is 2.48 bits per heavy atom. The fourth-order valence-electron chi connectivity index (χ4n) is 3.62. The summed E-state index contributed by atoms with van der Waals surface area (Å²) in [6.07, 6.45) is 1.71. The van der Waals surface area contributed by atoms with Gasteiger partial charge in [-0.3, -0.25) is 9.59 Å². The van der Waals surface area contributed by atoms with E-state index in [2.05, 4.69) is 15.5 Å². The molecule has 0 aliphatic heterocycles. The van der Waals surface area contributed by atoms with Gasteiger partial charge in [0.2, 0.25) is 16.9 Å². The van der Waals surface area contributed by atoms with E-state index in [1.165, 1.54) is 11.3 Å². The number of anilines is 1. The van der Waals surface area contributed by atoms with Gasteiger partial charge in [0.05, 0.1) is 5.92 Å². The minimum absolute atomic E-state index is 0.0408. The third-order valence-corrected chi connectivity index (χ3v) is 6.76. The van der Waals surface area contributed by atoms with Crippen LogP contribution in [0.25, 0.3) is 10.6 Å². The number of halogens is 1. The molecule has 0 radical (unpaired) electrons. The van der Waals surface area contributed by atoms with Gasteiger partial charge in [-0.15, -0.1) is 10.2 Å². The van der Waals surface area contributed by atoms with E-state index in [0.29, 0.717) is 28.1 Å². The fraction of sp³-hybridized carbons (Fsp3) is 0.360. The Kier molecular flexibility index (Phi) is 8.97. The van der Waals surface area contributed by atoms with Crippen molar-refractivity contribution in [1.82, 2.24) is 15.1 Å². The number of hydrogen-bond acceptors (Lipinski definition) is 5. The van der Waals surface area contributed by atoms with Crippen LogP contribution >= 0.6 is 22.9 Å². The summed E-state index contributed by atoms with van der Waals surface area (Å²) in [6, 6.07) is 17.2. The largest absolute Gasteiger partial charge is 0.339 e. The Bertz CT molecular complexity index is 1070. The van der Waals surface area contributed by atoms with Gasteiger partial charge in [-0.2, -0.15) is 0 Å². The summed E-state index contributed by atoms with van der Waals surface area (Å²) < 4.78 is 0. The molecule has 1 aromatic heterocycles. The SMILES string of the molecule is CCC(C(=O)N(CCC(=O)Nc1nnc(-c2cccc(Cl)c2)s1)C(C)CC)c1ccccc1. The number of aromatic nitrogens is 2. The van der Waals surface area contributed by atoms with Crippen molar-refractivity contribution in [3.8, 4) is 10.6 Å². The molecule has 3 aromatic rings. The number of carbonyl (C=O) groups excluding carboxylic acids is 2. The van der Waals surface area contributed by atoms with Gasteiger partial charge < -0.3 is 10.2 Å². The molecule has 0 bridgehead atoms. The van der Waals surface area contributed by atoms with Crippen LogP contribution in [-0.2, 0) is 9.59 Å². The monoisotopic (exact) mass is 484 g/mol. The summed E-state index contributed by atoms with van der Waals surface area (Å²) in [4.78, 5) is 27.9. The van der Waals surface area contributed by atoms with Crippen LogP contribution in [0.15, 0.2) is 54.6 Å². The number of rotatable bonds is 10. The zero-order valence-corrected chi connectivity index (χ0v) is 20.7. The number of carbonyl (C=O) groups is 2. The van der Waals surface area contributed by atoms with Crippen molar-refractivity contribution in [2.45, 2.75) is 52.0 Å². The van der Waals surface area contributed by atoms with Crippen LogP contribution in [0.4, 0.5) is 5.13 Å². The van der Waals surface area contributed by atoms with Gasteiger partial charge in [0.1, 0.15) is 5.01 Å². The van der Waals surface area contributed by atoms with Crippen LogP contribution in [0.2, 0.25) is 5.02 Å². The van der Waals surface area contributed by atoms with E-state index in [1.807, 2.05) is 68.1 Å². The first kappa shape index (κ1) is 24.9. The van der Waals surface area contributed by atoms with Gasteiger partial charge in [0, 0.05) is 29.6 Å². The van der Waals surface area contributed by atoms with Gasteiger partial charge in [-0.05, 0) is 37.5 Å². The zero-order valence-electron chi connectivity index (χ0n) is 19.1. The molecule has 1 N–H and O–H groups in total. The average molecular weight is 485 g/mol. The molecule has 0 aliphatic rings. The van der Waals surface area contributed by atoms with E-state index in [4.69, 9.17) is 11.6 Å². The Balaban J connectivity index is 1.64. The van der Waals surface area contributed by atoms with Gasteiger partial charge in [-0.1, -0.05) is 79.2 Å². The van der Waals surface area contributed by atoms with Crippen molar-refractivity contribution in [1.29, 1.82) is 0 Å². The molecule has 0 aliphatic carbocycles. The minimum atomic E-state index is -0.216. The molecule has 8 heteroatoms. The molecular formula is C25H29ClN4O2S. The van der Waals surface area contributed by atoms with E-state index in [-0.39, 0.29) is 30.2 Å². The second-order valence-electron chi connectivity index (χ2n) is 7.88. The Hall–Kier alpha value is -2.77. The van der Waals surface area contributed by atoms with Crippen LogP contribution in [0, 0.1) is 0 Å². The normalized spacial score (nSPS) is 12.7. The standard InChI is InChI=1S/C25H29ClN4O2S/c1-4-17(3)30(24(32)21(5-2)18-10-7-6-8-11-18)15-14-22(31)27-25-29-28-23(33-25)19-12-9-13-20(26)16-19/h6-13,16-17,21H,4-5,14-15H2,1-3H3,(H,27,29,31). The first-order chi connectivity index (χ1) is 15.9. The van der Waals surface area contributed by atoms with Crippen molar-refractivity contribution >= 4 is 39.9 Å². The fourth-order valence-corrected chi connectivity index (χ4v) is 4.57. The first-order valence-corrected chi connectivity index (χ1v) is 12.4. The summed E-state index contributed by atoms with van der Waals surface area (Å²) in [5.41, 5.74) is 1.85. The predicted molar refractivity (Wildman–Crippen MR) is 135 cm³/mol. The van der Waals surface area contributed by atoms with Crippen molar-refractivity contribution in [2.24, 2.45) is 0 Å². The summed E-state index contributed by atoms with van der Waals surface area (Å²) in [5, 5.41) is 12.7. The third-order valence-electron chi connectivity index (χ3n) is 5.64. The molecule has 174 valence electrons. The Labute approximate surface area is 204 Å². The number of nitrogens with zero attached hydrogens (tertiary/aromatic N) is 3. The predicted octanol–water partition coefficient (Wildman–Crippen LogP) is 6.01. The molecule has 2 atom stereocenters. The maximum absolute atomic E-state index is 13.4. The van der Waals surface area contributed by atoms with E-state index in [9.17, 15) is 9.59 Å². The van der Waals surface area contributed by atoms with Crippen LogP contribution in [0.1, 0.15) is 51.5 Å². The molecule has 0 saturated carbocycles. The van der Waals surface area contributed by atoms with Crippen molar-refractivity contribution in [3.05, 3.63) is 65.2 Å². The van der Waals surface area contributed by atoms with Crippen LogP contribution in [-0.4, -0.2) is 39.5 Å². The Morgan fingerprint density at radius 2 is 1.82 bits per heavy atom.